The van der Waals surface area contributed by atoms with E-state index in [9.17, 15) is 18.3 Å². The molecule has 0 spiro atoms. The molecular weight excluding hydrogens is 283 g/mol. The van der Waals surface area contributed by atoms with Gasteiger partial charge in [0.15, 0.2) is 0 Å². The van der Waals surface area contributed by atoms with Crippen molar-refractivity contribution in [1.82, 2.24) is 4.90 Å². The molecule has 1 rings (SSSR count). The molecule has 0 aliphatic carbocycles. The van der Waals surface area contributed by atoms with Gasteiger partial charge in [-0.2, -0.15) is 18.4 Å². The molecule has 4 nitrogen and oxygen atoms in total. The lowest BCUT2D eigenvalue weighted by atomic mass is 10.0. The Morgan fingerprint density at radius 2 is 1.95 bits per heavy atom. The topological polar surface area (TPSA) is 59.3 Å². The highest BCUT2D eigenvalue weighted by Crippen LogP contribution is 2.33. The Balaban J connectivity index is 2.86. The average Bonchev–Trinajstić information content (AvgIpc) is 2.33. The molecule has 0 aliphatic heterocycles. The molecule has 0 radical (unpaired) electrons. The van der Waals surface area contributed by atoms with Crippen molar-refractivity contribution in [3.8, 4) is 6.07 Å². The van der Waals surface area contributed by atoms with E-state index < -0.39 is 22.9 Å². The van der Waals surface area contributed by atoms with Gasteiger partial charge in [-0.1, -0.05) is 0 Å². The predicted molar refractivity (Wildman–Crippen MR) is 73.8 cm³/mol. The summed E-state index contributed by atoms with van der Waals surface area (Å²) in [5.41, 5.74) is -2.09. The number of hydrogen-bond acceptors (Lipinski definition) is 4. The van der Waals surface area contributed by atoms with Crippen molar-refractivity contribution in [3.05, 3.63) is 29.3 Å². The van der Waals surface area contributed by atoms with Gasteiger partial charge in [-0.15, -0.1) is 0 Å². The summed E-state index contributed by atoms with van der Waals surface area (Å²) in [5.74, 6) is 0. The summed E-state index contributed by atoms with van der Waals surface area (Å²) >= 11 is 0. The van der Waals surface area contributed by atoms with Gasteiger partial charge >= 0.3 is 6.18 Å². The average molecular weight is 301 g/mol. The summed E-state index contributed by atoms with van der Waals surface area (Å²) in [5, 5.41) is 21.8. The molecule has 116 valence electrons. The van der Waals surface area contributed by atoms with Crippen LogP contribution in [0.25, 0.3) is 0 Å². The number of aliphatic hydroxyl groups is 1. The van der Waals surface area contributed by atoms with Crippen molar-refractivity contribution in [3.63, 3.8) is 0 Å². The van der Waals surface area contributed by atoms with E-state index in [1.807, 2.05) is 0 Å². The van der Waals surface area contributed by atoms with E-state index in [1.165, 1.54) is 6.07 Å². The highest BCUT2D eigenvalue weighted by atomic mass is 19.4. The lowest BCUT2D eigenvalue weighted by molar-refractivity contribution is -0.137. The highest BCUT2D eigenvalue weighted by Gasteiger charge is 2.33. The van der Waals surface area contributed by atoms with E-state index in [-0.39, 0.29) is 6.54 Å². The number of nitrogens with one attached hydrogen (secondary N) is 1. The van der Waals surface area contributed by atoms with Gasteiger partial charge in [0.1, 0.15) is 0 Å². The Kier molecular flexibility index (Phi) is 5.20. The second-order valence-electron chi connectivity index (χ2n) is 5.46. The molecular formula is C14H18F3N3O. The quantitative estimate of drug-likeness (QED) is 0.876. The summed E-state index contributed by atoms with van der Waals surface area (Å²) in [6, 6.07) is 4.78. The van der Waals surface area contributed by atoms with Crippen molar-refractivity contribution >= 4 is 5.69 Å². The first-order chi connectivity index (χ1) is 9.55. The van der Waals surface area contributed by atoms with E-state index in [4.69, 9.17) is 5.26 Å². The lowest BCUT2D eigenvalue weighted by Gasteiger charge is -2.27. The van der Waals surface area contributed by atoms with Gasteiger partial charge in [0.05, 0.1) is 22.8 Å². The number of halogens is 3. The van der Waals surface area contributed by atoms with Crippen LogP contribution in [0.4, 0.5) is 18.9 Å². The Morgan fingerprint density at radius 1 is 1.33 bits per heavy atom. The first kappa shape index (κ1) is 17.3. The zero-order chi connectivity index (χ0) is 16.3. The fourth-order valence-electron chi connectivity index (χ4n) is 2.02. The first-order valence-electron chi connectivity index (χ1n) is 6.27. The summed E-state index contributed by atoms with van der Waals surface area (Å²) in [6.45, 7) is 2.17. The monoisotopic (exact) mass is 301 g/mol. The third-order valence-corrected chi connectivity index (χ3v) is 2.78. The Morgan fingerprint density at radius 3 is 2.43 bits per heavy atom. The van der Waals surface area contributed by atoms with Gasteiger partial charge in [-0.25, -0.2) is 0 Å². The SMILES string of the molecule is CN(C)C[C@](C)(O)CNc1ccc(C(F)(F)F)c(C#N)c1. The molecule has 0 unspecified atom stereocenters. The third-order valence-electron chi connectivity index (χ3n) is 2.78. The molecule has 7 heteroatoms. The van der Waals surface area contributed by atoms with Crippen molar-refractivity contribution in [2.24, 2.45) is 0 Å². The van der Waals surface area contributed by atoms with Crippen LogP contribution in [0.1, 0.15) is 18.1 Å². The molecule has 0 fully saturated rings. The molecule has 0 saturated heterocycles. The van der Waals surface area contributed by atoms with Crippen LogP contribution >= 0.6 is 0 Å². The van der Waals surface area contributed by atoms with Crippen LogP contribution < -0.4 is 5.32 Å². The van der Waals surface area contributed by atoms with Crippen LogP contribution in [0.2, 0.25) is 0 Å². The zero-order valence-corrected chi connectivity index (χ0v) is 12.1. The highest BCUT2D eigenvalue weighted by molar-refractivity contribution is 5.53. The van der Waals surface area contributed by atoms with Crippen LogP contribution in [-0.2, 0) is 6.18 Å². The molecule has 21 heavy (non-hydrogen) atoms. The minimum atomic E-state index is -4.56. The molecule has 0 aliphatic rings. The van der Waals surface area contributed by atoms with Gasteiger partial charge in [-0.3, -0.25) is 0 Å². The Bertz CT molecular complexity index is 533. The second-order valence-corrected chi connectivity index (χ2v) is 5.46. The van der Waals surface area contributed by atoms with E-state index in [0.29, 0.717) is 12.2 Å². The number of alkyl halides is 3. The lowest BCUT2D eigenvalue weighted by Crippen LogP contribution is -2.43. The standard InChI is InChI=1S/C14H18F3N3O/c1-13(21,9-20(2)3)8-19-11-4-5-12(14(15,16)17)10(6-11)7-18/h4-6,19,21H,8-9H2,1-3H3/t13-/m1/s1. The molecule has 0 bridgehead atoms. The number of likely N-dealkylation sites (N-methyl/N-ethyl adjacent to an activating group) is 1. The number of hydrogen-bond donors (Lipinski definition) is 2. The van der Waals surface area contributed by atoms with E-state index in [1.54, 1.807) is 32.0 Å². The van der Waals surface area contributed by atoms with Gasteiger partial charge < -0.3 is 15.3 Å². The van der Waals surface area contributed by atoms with Crippen molar-refractivity contribution in [2.75, 3.05) is 32.5 Å². The summed E-state index contributed by atoms with van der Waals surface area (Å²) in [4.78, 5) is 1.80. The van der Waals surface area contributed by atoms with Crippen molar-refractivity contribution in [1.29, 1.82) is 5.26 Å². The maximum atomic E-state index is 12.7. The number of nitrogens with zero attached hydrogens (tertiary/aromatic N) is 2. The smallest absolute Gasteiger partial charge is 0.387 e. The summed E-state index contributed by atoms with van der Waals surface area (Å²) < 4.78 is 38.0. The molecule has 0 saturated carbocycles. The number of anilines is 1. The van der Waals surface area contributed by atoms with E-state index >= 15 is 0 Å². The Labute approximate surface area is 121 Å². The van der Waals surface area contributed by atoms with Crippen molar-refractivity contribution < 1.29 is 18.3 Å². The van der Waals surface area contributed by atoms with Gasteiger partial charge in [0.25, 0.3) is 0 Å². The van der Waals surface area contributed by atoms with Crippen LogP contribution in [0, 0.1) is 11.3 Å². The largest absolute Gasteiger partial charge is 0.417 e. The fourth-order valence-corrected chi connectivity index (χ4v) is 2.02. The first-order valence-corrected chi connectivity index (χ1v) is 6.27. The second kappa shape index (κ2) is 6.33. The molecule has 2 N–H and O–H groups in total. The van der Waals surface area contributed by atoms with Gasteiger partial charge in [0.2, 0.25) is 0 Å². The van der Waals surface area contributed by atoms with Gasteiger partial charge in [-0.05, 0) is 39.2 Å². The van der Waals surface area contributed by atoms with Gasteiger partial charge in [0, 0.05) is 18.8 Å². The number of rotatable bonds is 5. The normalized spacial score (nSPS) is 14.6. The fraction of sp³-hybridized carbons (Fsp3) is 0.500. The molecule has 0 heterocycles. The maximum Gasteiger partial charge on any atom is 0.417 e. The zero-order valence-electron chi connectivity index (χ0n) is 12.1. The van der Waals surface area contributed by atoms with E-state index in [2.05, 4.69) is 5.32 Å². The third kappa shape index (κ3) is 5.25. The summed E-state index contributed by atoms with van der Waals surface area (Å²) in [7, 11) is 3.61. The number of nitriles is 1. The molecule has 1 aromatic carbocycles. The minimum Gasteiger partial charge on any atom is -0.387 e. The van der Waals surface area contributed by atoms with Crippen molar-refractivity contribution in [2.45, 2.75) is 18.7 Å². The molecule has 0 aromatic heterocycles. The molecule has 0 amide bonds. The molecule has 1 atom stereocenters. The van der Waals surface area contributed by atoms with E-state index in [0.717, 1.165) is 12.1 Å². The Hall–Kier alpha value is -1.78. The summed E-state index contributed by atoms with van der Waals surface area (Å²) in [6.07, 6.45) is -4.56. The predicted octanol–water partition coefficient (Wildman–Crippen LogP) is 2.30. The van der Waals surface area contributed by atoms with Crippen LogP contribution in [0.15, 0.2) is 18.2 Å². The maximum absolute atomic E-state index is 12.7. The molecule has 1 aromatic rings. The van der Waals surface area contributed by atoms with Crippen LogP contribution in [0.3, 0.4) is 0 Å². The number of benzene rings is 1. The van der Waals surface area contributed by atoms with Crippen LogP contribution in [-0.4, -0.2) is 42.8 Å². The minimum absolute atomic E-state index is 0.154. The van der Waals surface area contributed by atoms with Crippen LogP contribution in [0.5, 0.6) is 0 Å².